The van der Waals surface area contributed by atoms with Crippen molar-refractivity contribution in [1.82, 2.24) is 4.98 Å². The minimum absolute atomic E-state index is 0.150. The quantitative estimate of drug-likeness (QED) is 0.876. The van der Waals surface area contributed by atoms with Crippen LogP contribution in [0.5, 0.6) is 0 Å². The Balaban J connectivity index is 2.39. The van der Waals surface area contributed by atoms with Gasteiger partial charge in [-0.1, -0.05) is 26.0 Å². The van der Waals surface area contributed by atoms with Gasteiger partial charge in [0.15, 0.2) is 0 Å². The molecule has 2 nitrogen and oxygen atoms in total. The van der Waals surface area contributed by atoms with Crippen LogP contribution in [0.4, 0.5) is 0 Å². The highest BCUT2D eigenvalue weighted by Gasteiger charge is 2.16. The van der Waals surface area contributed by atoms with Gasteiger partial charge in [0.2, 0.25) is 0 Å². The van der Waals surface area contributed by atoms with Gasteiger partial charge in [0.25, 0.3) is 0 Å². The van der Waals surface area contributed by atoms with E-state index in [9.17, 15) is 0 Å². The molecule has 0 fully saturated rings. The lowest BCUT2D eigenvalue weighted by atomic mass is 9.85. The Morgan fingerprint density at radius 3 is 2.71 bits per heavy atom. The SMILES string of the molecule is Cc1ccnc2cc(CC(C)(C)CN)ccc12. The molecule has 0 aliphatic rings. The van der Waals surface area contributed by atoms with Crippen LogP contribution < -0.4 is 5.73 Å². The summed E-state index contributed by atoms with van der Waals surface area (Å²) >= 11 is 0. The first-order valence-corrected chi connectivity index (χ1v) is 6.06. The van der Waals surface area contributed by atoms with Gasteiger partial charge >= 0.3 is 0 Å². The maximum atomic E-state index is 5.78. The van der Waals surface area contributed by atoms with Crippen molar-refractivity contribution in [2.45, 2.75) is 27.2 Å². The predicted octanol–water partition coefficient (Wildman–Crippen LogP) is 3.07. The lowest BCUT2D eigenvalue weighted by Crippen LogP contribution is -2.25. The van der Waals surface area contributed by atoms with Crippen molar-refractivity contribution in [2.24, 2.45) is 11.1 Å². The molecule has 1 aromatic heterocycles. The van der Waals surface area contributed by atoms with Gasteiger partial charge in [0, 0.05) is 11.6 Å². The van der Waals surface area contributed by atoms with E-state index in [0.717, 1.165) is 11.9 Å². The summed E-state index contributed by atoms with van der Waals surface area (Å²) < 4.78 is 0. The normalized spacial score (nSPS) is 12.0. The number of nitrogens with zero attached hydrogens (tertiary/aromatic N) is 1. The minimum atomic E-state index is 0.150. The second-order valence-electron chi connectivity index (χ2n) is 5.52. The molecule has 17 heavy (non-hydrogen) atoms. The van der Waals surface area contributed by atoms with Gasteiger partial charge in [-0.05, 0) is 48.6 Å². The molecule has 0 bridgehead atoms. The van der Waals surface area contributed by atoms with E-state index in [4.69, 9.17) is 5.73 Å². The molecule has 0 aliphatic carbocycles. The molecule has 0 saturated carbocycles. The van der Waals surface area contributed by atoms with E-state index in [0.29, 0.717) is 6.54 Å². The molecule has 90 valence electrons. The number of fused-ring (bicyclic) bond motifs is 1. The first-order valence-electron chi connectivity index (χ1n) is 6.06. The molecular formula is C15H20N2. The molecule has 0 unspecified atom stereocenters. The zero-order valence-electron chi connectivity index (χ0n) is 10.8. The van der Waals surface area contributed by atoms with Gasteiger partial charge in [-0.2, -0.15) is 0 Å². The second-order valence-corrected chi connectivity index (χ2v) is 5.52. The maximum absolute atomic E-state index is 5.78. The van der Waals surface area contributed by atoms with Crippen LogP contribution in [0.1, 0.15) is 25.0 Å². The highest BCUT2D eigenvalue weighted by Crippen LogP contribution is 2.23. The third kappa shape index (κ3) is 2.64. The van der Waals surface area contributed by atoms with Crippen LogP contribution >= 0.6 is 0 Å². The second kappa shape index (κ2) is 4.46. The van der Waals surface area contributed by atoms with E-state index >= 15 is 0 Å². The monoisotopic (exact) mass is 228 g/mol. The third-order valence-electron chi connectivity index (χ3n) is 3.26. The van der Waals surface area contributed by atoms with Crippen molar-refractivity contribution in [3.63, 3.8) is 0 Å². The summed E-state index contributed by atoms with van der Waals surface area (Å²) in [7, 11) is 0. The zero-order chi connectivity index (χ0) is 12.5. The van der Waals surface area contributed by atoms with Crippen LogP contribution in [-0.4, -0.2) is 11.5 Å². The van der Waals surface area contributed by atoms with Crippen LogP contribution in [0.3, 0.4) is 0 Å². The number of aromatic nitrogens is 1. The topological polar surface area (TPSA) is 38.9 Å². The van der Waals surface area contributed by atoms with Crippen molar-refractivity contribution in [1.29, 1.82) is 0 Å². The largest absolute Gasteiger partial charge is 0.330 e. The van der Waals surface area contributed by atoms with Crippen LogP contribution in [0.2, 0.25) is 0 Å². The highest BCUT2D eigenvalue weighted by atomic mass is 14.6. The van der Waals surface area contributed by atoms with Crippen molar-refractivity contribution < 1.29 is 0 Å². The molecule has 0 amide bonds. The summed E-state index contributed by atoms with van der Waals surface area (Å²) in [5, 5.41) is 1.24. The summed E-state index contributed by atoms with van der Waals surface area (Å²) in [5.41, 5.74) is 9.59. The number of hydrogen-bond acceptors (Lipinski definition) is 2. The minimum Gasteiger partial charge on any atom is -0.330 e. The highest BCUT2D eigenvalue weighted by molar-refractivity contribution is 5.82. The van der Waals surface area contributed by atoms with Gasteiger partial charge in [-0.25, -0.2) is 0 Å². The van der Waals surface area contributed by atoms with Crippen LogP contribution in [-0.2, 0) is 6.42 Å². The standard InChI is InChI=1S/C15H20N2/c1-11-6-7-17-14-8-12(4-5-13(11)14)9-15(2,3)10-16/h4-8H,9-10,16H2,1-3H3. The predicted molar refractivity (Wildman–Crippen MR) is 73.0 cm³/mol. The molecule has 0 spiro atoms. The number of hydrogen-bond donors (Lipinski definition) is 1. The fourth-order valence-electron chi connectivity index (χ4n) is 2.07. The van der Waals surface area contributed by atoms with E-state index in [1.807, 2.05) is 12.3 Å². The summed E-state index contributed by atoms with van der Waals surface area (Å²) in [5.74, 6) is 0. The molecule has 2 aromatic rings. The average Bonchev–Trinajstić information content (AvgIpc) is 2.29. The van der Waals surface area contributed by atoms with Gasteiger partial charge in [-0.3, -0.25) is 4.98 Å². The summed E-state index contributed by atoms with van der Waals surface area (Å²) in [6, 6.07) is 8.58. The Bertz CT molecular complexity index is 529. The average molecular weight is 228 g/mol. The first-order chi connectivity index (χ1) is 8.02. The fourth-order valence-corrected chi connectivity index (χ4v) is 2.07. The van der Waals surface area contributed by atoms with E-state index in [1.54, 1.807) is 0 Å². The molecule has 0 atom stereocenters. The van der Waals surface area contributed by atoms with Gasteiger partial charge in [0.1, 0.15) is 0 Å². The summed E-state index contributed by atoms with van der Waals surface area (Å²) in [6.45, 7) is 7.21. The smallest absolute Gasteiger partial charge is 0.0707 e. The Labute approximate surface area is 103 Å². The van der Waals surface area contributed by atoms with Crippen molar-refractivity contribution in [2.75, 3.05) is 6.54 Å². The van der Waals surface area contributed by atoms with Crippen LogP contribution in [0.25, 0.3) is 10.9 Å². The van der Waals surface area contributed by atoms with E-state index < -0.39 is 0 Å². The number of benzene rings is 1. The Morgan fingerprint density at radius 1 is 1.24 bits per heavy atom. The van der Waals surface area contributed by atoms with E-state index in [-0.39, 0.29) is 5.41 Å². The Morgan fingerprint density at radius 2 is 2.00 bits per heavy atom. The van der Waals surface area contributed by atoms with Gasteiger partial charge < -0.3 is 5.73 Å². The molecule has 2 N–H and O–H groups in total. The van der Waals surface area contributed by atoms with Crippen LogP contribution in [0, 0.1) is 12.3 Å². The van der Waals surface area contributed by atoms with Crippen LogP contribution in [0.15, 0.2) is 30.5 Å². The molecule has 2 rings (SSSR count). The molecule has 0 radical (unpaired) electrons. The first kappa shape index (κ1) is 12.1. The number of aryl methyl sites for hydroxylation is 1. The molecule has 0 saturated heterocycles. The lowest BCUT2D eigenvalue weighted by molar-refractivity contribution is 0.377. The number of pyridine rings is 1. The van der Waals surface area contributed by atoms with Gasteiger partial charge in [0.05, 0.1) is 5.52 Å². The molecule has 0 aliphatic heterocycles. The Hall–Kier alpha value is -1.41. The van der Waals surface area contributed by atoms with Crippen molar-refractivity contribution in [3.8, 4) is 0 Å². The van der Waals surface area contributed by atoms with Gasteiger partial charge in [-0.15, -0.1) is 0 Å². The summed E-state index contributed by atoms with van der Waals surface area (Å²) in [4.78, 5) is 4.43. The van der Waals surface area contributed by atoms with E-state index in [2.05, 4.69) is 44.0 Å². The molecule has 1 heterocycles. The molecule has 1 aromatic carbocycles. The van der Waals surface area contributed by atoms with Crippen molar-refractivity contribution in [3.05, 3.63) is 41.6 Å². The lowest BCUT2D eigenvalue weighted by Gasteiger charge is -2.22. The Kier molecular flexibility index (Phi) is 3.16. The number of nitrogens with two attached hydrogens (primary N) is 1. The third-order valence-corrected chi connectivity index (χ3v) is 3.26. The summed E-state index contributed by atoms with van der Waals surface area (Å²) in [6.07, 6.45) is 2.87. The molecular weight excluding hydrogens is 208 g/mol. The molecule has 2 heteroatoms. The van der Waals surface area contributed by atoms with Crippen molar-refractivity contribution >= 4 is 10.9 Å². The zero-order valence-corrected chi connectivity index (χ0v) is 10.8. The number of rotatable bonds is 3. The van der Waals surface area contributed by atoms with E-state index in [1.165, 1.54) is 16.5 Å². The fraction of sp³-hybridized carbons (Fsp3) is 0.400. The maximum Gasteiger partial charge on any atom is 0.0707 e.